The molecule has 0 bridgehead atoms. The molecule has 0 radical (unpaired) electrons. The predicted octanol–water partition coefficient (Wildman–Crippen LogP) is 2.91. The Morgan fingerprint density at radius 3 is 2.84 bits per heavy atom. The van der Waals surface area contributed by atoms with Crippen molar-refractivity contribution >= 4 is 22.4 Å². The molecule has 0 spiro atoms. The topological polar surface area (TPSA) is 72.7 Å². The monoisotopic (exact) mass is 353 g/mol. The standard InChI is InChI=1S/C18H19N5OS/c1-11-3-5-12(6-4-11)7-16-21-22-18(25-16)20-17(24)15-8-14(15)13-9-19-23(2)10-13/h3-6,9-10,14-15H,7-8H2,1-2H3,(H,20,22,24)/t14-,15+/m1/s1. The quantitative estimate of drug-likeness (QED) is 0.765. The van der Waals surface area contributed by atoms with E-state index in [1.54, 1.807) is 4.68 Å². The molecule has 1 aromatic carbocycles. The van der Waals surface area contributed by atoms with Crippen molar-refractivity contribution in [2.45, 2.75) is 25.7 Å². The first-order valence-corrected chi connectivity index (χ1v) is 9.07. The number of amides is 1. The summed E-state index contributed by atoms with van der Waals surface area (Å²) in [4.78, 5) is 12.4. The van der Waals surface area contributed by atoms with E-state index in [-0.39, 0.29) is 17.7 Å². The van der Waals surface area contributed by atoms with Gasteiger partial charge in [-0.15, -0.1) is 10.2 Å². The maximum absolute atomic E-state index is 12.4. The van der Waals surface area contributed by atoms with Crippen molar-refractivity contribution in [3.05, 3.63) is 58.4 Å². The predicted molar refractivity (Wildman–Crippen MR) is 96.6 cm³/mol. The van der Waals surface area contributed by atoms with Crippen LogP contribution in [-0.2, 0) is 18.3 Å². The second-order valence-corrected chi connectivity index (χ2v) is 7.61. The fraction of sp³-hybridized carbons (Fsp3) is 0.333. The lowest BCUT2D eigenvalue weighted by Gasteiger charge is -1.99. The Morgan fingerprint density at radius 2 is 2.12 bits per heavy atom. The van der Waals surface area contributed by atoms with Crippen LogP contribution in [0, 0.1) is 12.8 Å². The zero-order valence-electron chi connectivity index (χ0n) is 14.1. The van der Waals surface area contributed by atoms with Crippen molar-refractivity contribution in [3.63, 3.8) is 0 Å². The van der Waals surface area contributed by atoms with Gasteiger partial charge < -0.3 is 5.32 Å². The van der Waals surface area contributed by atoms with Gasteiger partial charge in [-0.25, -0.2) is 0 Å². The van der Waals surface area contributed by atoms with Crippen molar-refractivity contribution in [2.75, 3.05) is 5.32 Å². The van der Waals surface area contributed by atoms with Crippen molar-refractivity contribution in [3.8, 4) is 0 Å². The van der Waals surface area contributed by atoms with E-state index in [4.69, 9.17) is 0 Å². The van der Waals surface area contributed by atoms with E-state index >= 15 is 0 Å². The largest absolute Gasteiger partial charge is 0.300 e. The Balaban J connectivity index is 1.35. The Morgan fingerprint density at radius 1 is 1.32 bits per heavy atom. The summed E-state index contributed by atoms with van der Waals surface area (Å²) >= 11 is 1.44. The third-order valence-electron chi connectivity index (χ3n) is 4.45. The van der Waals surface area contributed by atoms with Crippen molar-refractivity contribution < 1.29 is 4.79 Å². The number of nitrogens with one attached hydrogen (secondary N) is 1. The minimum absolute atomic E-state index is 0.00801. The average Bonchev–Trinajstić information content (AvgIpc) is 3.10. The van der Waals surface area contributed by atoms with Crippen LogP contribution in [0.15, 0.2) is 36.7 Å². The van der Waals surface area contributed by atoms with Gasteiger partial charge in [0, 0.05) is 25.6 Å². The summed E-state index contributed by atoms with van der Waals surface area (Å²) in [7, 11) is 1.89. The molecule has 25 heavy (non-hydrogen) atoms. The molecular weight excluding hydrogens is 334 g/mol. The van der Waals surface area contributed by atoms with Gasteiger partial charge in [-0.2, -0.15) is 5.10 Å². The summed E-state index contributed by atoms with van der Waals surface area (Å²) in [6.45, 7) is 2.07. The van der Waals surface area contributed by atoms with Gasteiger partial charge in [0.25, 0.3) is 0 Å². The van der Waals surface area contributed by atoms with Gasteiger partial charge >= 0.3 is 0 Å². The number of aryl methyl sites for hydroxylation is 2. The molecule has 2 heterocycles. The van der Waals surface area contributed by atoms with Crippen molar-refractivity contribution in [1.82, 2.24) is 20.0 Å². The molecule has 6 nitrogen and oxygen atoms in total. The molecule has 1 N–H and O–H groups in total. The average molecular weight is 353 g/mol. The number of carbonyl (C=O) groups is 1. The highest BCUT2D eigenvalue weighted by Crippen LogP contribution is 2.47. The molecule has 0 unspecified atom stereocenters. The van der Waals surface area contributed by atoms with Gasteiger partial charge in [0.1, 0.15) is 5.01 Å². The first-order chi connectivity index (χ1) is 12.1. The van der Waals surface area contributed by atoms with Crippen LogP contribution in [-0.4, -0.2) is 25.9 Å². The zero-order chi connectivity index (χ0) is 17.4. The van der Waals surface area contributed by atoms with Crippen LogP contribution in [0.3, 0.4) is 0 Å². The molecule has 2 atom stereocenters. The van der Waals surface area contributed by atoms with Crippen LogP contribution in [0.2, 0.25) is 0 Å². The minimum atomic E-state index is 0.00801. The van der Waals surface area contributed by atoms with Gasteiger partial charge in [0.05, 0.1) is 6.20 Å². The SMILES string of the molecule is Cc1ccc(Cc2nnc(NC(=O)[C@H]3C[C@@H]3c3cnn(C)c3)s2)cc1. The number of aromatic nitrogens is 4. The van der Waals surface area contributed by atoms with Gasteiger partial charge in [0.15, 0.2) is 0 Å². The number of anilines is 1. The molecule has 1 aliphatic carbocycles. The van der Waals surface area contributed by atoms with E-state index in [0.29, 0.717) is 5.13 Å². The summed E-state index contributed by atoms with van der Waals surface area (Å²) in [6, 6.07) is 8.37. The fourth-order valence-corrected chi connectivity index (χ4v) is 3.72. The molecule has 7 heteroatoms. The van der Waals surface area contributed by atoms with Crippen molar-refractivity contribution in [1.29, 1.82) is 0 Å². The van der Waals surface area contributed by atoms with Crippen LogP contribution in [0.25, 0.3) is 0 Å². The highest BCUT2D eigenvalue weighted by Gasteiger charge is 2.44. The normalized spacial score (nSPS) is 19.0. The summed E-state index contributed by atoms with van der Waals surface area (Å²) in [5.41, 5.74) is 3.56. The molecule has 1 saturated carbocycles. The van der Waals surface area contributed by atoms with Crippen LogP contribution in [0.4, 0.5) is 5.13 Å². The lowest BCUT2D eigenvalue weighted by Crippen LogP contribution is -2.14. The van der Waals surface area contributed by atoms with E-state index in [1.807, 2.05) is 19.4 Å². The second kappa shape index (κ2) is 6.40. The second-order valence-electron chi connectivity index (χ2n) is 6.55. The Bertz CT molecular complexity index is 898. The smallest absolute Gasteiger partial charge is 0.229 e. The van der Waals surface area contributed by atoms with Gasteiger partial charge in [0.2, 0.25) is 11.0 Å². The number of benzene rings is 1. The van der Waals surface area contributed by atoms with Gasteiger partial charge in [-0.1, -0.05) is 41.2 Å². The number of nitrogens with zero attached hydrogens (tertiary/aromatic N) is 4. The van der Waals surface area contributed by atoms with Crippen LogP contribution in [0.5, 0.6) is 0 Å². The number of carbonyl (C=O) groups excluding carboxylic acids is 1. The molecule has 2 aromatic heterocycles. The maximum atomic E-state index is 12.4. The molecule has 1 fully saturated rings. The number of hydrogen-bond acceptors (Lipinski definition) is 5. The lowest BCUT2D eigenvalue weighted by molar-refractivity contribution is -0.117. The third-order valence-corrected chi connectivity index (χ3v) is 5.29. The Kier molecular flexibility index (Phi) is 4.09. The van der Waals surface area contributed by atoms with E-state index in [2.05, 4.69) is 51.8 Å². The lowest BCUT2D eigenvalue weighted by atomic mass is 10.1. The van der Waals surface area contributed by atoms with E-state index in [9.17, 15) is 4.79 Å². The number of rotatable bonds is 5. The summed E-state index contributed by atoms with van der Waals surface area (Å²) in [5.74, 6) is 0.300. The Labute approximate surface area is 149 Å². The van der Waals surface area contributed by atoms with Crippen molar-refractivity contribution in [2.24, 2.45) is 13.0 Å². The summed E-state index contributed by atoms with van der Waals surface area (Å²) in [6.07, 6.45) is 5.41. The third kappa shape index (κ3) is 3.61. The first kappa shape index (κ1) is 16.0. The molecule has 3 aromatic rings. The summed E-state index contributed by atoms with van der Waals surface area (Å²) in [5, 5.41) is 16.8. The number of hydrogen-bond donors (Lipinski definition) is 1. The van der Waals surface area contributed by atoms with E-state index in [0.717, 1.165) is 23.4 Å². The fourth-order valence-electron chi connectivity index (χ4n) is 2.94. The molecule has 0 saturated heterocycles. The molecular formula is C18H19N5OS. The molecule has 1 aliphatic rings. The minimum Gasteiger partial charge on any atom is -0.300 e. The van der Waals surface area contributed by atoms with E-state index < -0.39 is 0 Å². The molecule has 128 valence electrons. The zero-order valence-corrected chi connectivity index (χ0v) is 15.0. The van der Waals surface area contributed by atoms with Gasteiger partial charge in [-0.05, 0) is 30.4 Å². The summed E-state index contributed by atoms with van der Waals surface area (Å²) < 4.78 is 1.77. The highest BCUT2D eigenvalue weighted by molar-refractivity contribution is 7.15. The van der Waals surface area contributed by atoms with Gasteiger partial charge in [-0.3, -0.25) is 9.48 Å². The molecule has 4 rings (SSSR count). The van der Waals surface area contributed by atoms with Crippen LogP contribution < -0.4 is 5.32 Å². The Hall–Kier alpha value is -2.54. The van der Waals surface area contributed by atoms with Crippen LogP contribution in [0.1, 0.15) is 34.0 Å². The first-order valence-electron chi connectivity index (χ1n) is 8.26. The maximum Gasteiger partial charge on any atom is 0.229 e. The van der Waals surface area contributed by atoms with Crippen LogP contribution >= 0.6 is 11.3 Å². The highest BCUT2D eigenvalue weighted by atomic mass is 32.1. The molecule has 0 aliphatic heterocycles. The molecule has 1 amide bonds. The van der Waals surface area contributed by atoms with E-state index in [1.165, 1.54) is 22.5 Å².